The van der Waals surface area contributed by atoms with E-state index in [-0.39, 0.29) is 5.41 Å². The first-order chi connectivity index (χ1) is 23.9. The van der Waals surface area contributed by atoms with Crippen molar-refractivity contribution >= 4 is 53.9 Å². The minimum atomic E-state index is 0.0878. The Balaban J connectivity index is 0.00000171. The third kappa shape index (κ3) is 4.88. The van der Waals surface area contributed by atoms with E-state index < -0.39 is 0 Å². The molecule has 0 N–H and O–H groups in total. The molecule has 8 aromatic carbocycles. The van der Waals surface area contributed by atoms with Gasteiger partial charge in [0.1, 0.15) is 0 Å². The van der Waals surface area contributed by atoms with Crippen molar-refractivity contribution in [2.24, 2.45) is 5.92 Å². The van der Waals surface area contributed by atoms with E-state index in [2.05, 4.69) is 167 Å². The van der Waals surface area contributed by atoms with Crippen molar-refractivity contribution in [1.29, 1.82) is 0 Å². The van der Waals surface area contributed by atoms with Gasteiger partial charge in [0, 0.05) is 0 Å². The van der Waals surface area contributed by atoms with E-state index in [1.165, 1.54) is 87.2 Å². The Kier molecular flexibility index (Phi) is 7.64. The van der Waals surface area contributed by atoms with Gasteiger partial charge in [-0.2, -0.15) is 0 Å². The van der Waals surface area contributed by atoms with Crippen LogP contribution >= 0.6 is 0 Å². The highest BCUT2D eigenvalue weighted by molar-refractivity contribution is 6.20. The van der Waals surface area contributed by atoms with Gasteiger partial charge in [0.2, 0.25) is 0 Å². The zero-order valence-corrected chi connectivity index (χ0v) is 29.3. The number of benzene rings is 8. The molecule has 0 spiro atoms. The minimum absolute atomic E-state index is 0.0878. The van der Waals surface area contributed by atoms with Crippen LogP contribution < -0.4 is 0 Å². The standard InChI is InChI=1S/C47H38.C2H6/c1-5-38-42-24-21-35(28-45(42)47(3,4)44(38)6-2)33-20-23-40-37(26-33)18-17-36-25-32(19-22-39(36)40)34-16-13-30-12-15-31-14-11-29-9-7-8-10-41(29)46(31)43(30)27-34;1-2/h6-28,38,44H,2,5H2,1,3-4H3;1-2H3. The minimum Gasteiger partial charge on any atom is -0.103 e. The molecule has 0 nitrogen and oxygen atoms in total. The molecular weight excluding hydrogens is 589 g/mol. The van der Waals surface area contributed by atoms with E-state index in [0.29, 0.717) is 11.8 Å². The predicted octanol–water partition coefficient (Wildman–Crippen LogP) is 14.4. The highest BCUT2D eigenvalue weighted by atomic mass is 14.5. The van der Waals surface area contributed by atoms with Gasteiger partial charge in [0.25, 0.3) is 0 Å². The second kappa shape index (κ2) is 12.0. The van der Waals surface area contributed by atoms with E-state index in [1.807, 2.05) is 13.8 Å². The molecule has 0 saturated carbocycles. The van der Waals surface area contributed by atoms with E-state index in [1.54, 1.807) is 0 Å². The molecule has 0 heteroatoms. The molecule has 0 aliphatic heterocycles. The summed E-state index contributed by atoms with van der Waals surface area (Å²) < 4.78 is 0. The van der Waals surface area contributed by atoms with E-state index in [9.17, 15) is 0 Å². The molecule has 49 heavy (non-hydrogen) atoms. The number of hydrogen-bond acceptors (Lipinski definition) is 0. The van der Waals surface area contributed by atoms with Crippen LogP contribution in [0.5, 0.6) is 0 Å². The van der Waals surface area contributed by atoms with Crippen LogP contribution in [-0.4, -0.2) is 0 Å². The summed E-state index contributed by atoms with van der Waals surface area (Å²) in [6.07, 6.45) is 3.33. The lowest BCUT2D eigenvalue weighted by Gasteiger charge is -2.28. The summed E-state index contributed by atoms with van der Waals surface area (Å²) in [5.41, 5.74) is 8.14. The van der Waals surface area contributed by atoms with Crippen LogP contribution in [0.2, 0.25) is 0 Å². The summed E-state index contributed by atoms with van der Waals surface area (Å²) in [7, 11) is 0. The largest absolute Gasteiger partial charge is 0.103 e. The second-order valence-electron chi connectivity index (χ2n) is 14.1. The molecule has 0 radical (unpaired) electrons. The monoisotopic (exact) mass is 632 g/mol. The van der Waals surface area contributed by atoms with E-state index >= 15 is 0 Å². The summed E-state index contributed by atoms with van der Waals surface area (Å²) in [6, 6.07) is 50.4. The molecule has 0 saturated heterocycles. The highest BCUT2D eigenvalue weighted by Crippen LogP contribution is 2.53. The predicted molar refractivity (Wildman–Crippen MR) is 216 cm³/mol. The Morgan fingerprint density at radius 2 is 1.04 bits per heavy atom. The fourth-order valence-corrected chi connectivity index (χ4v) is 8.86. The summed E-state index contributed by atoms with van der Waals surface area (Å²) in [5.74, 6) is 1.02. The van der Waals surface area contributed by atoms with Crippen LogP contribution in [0.3, 0.4) is 0 Å². The van der Waals surface area contributed by atoms with Gasteiger partial charge in [-0.15, -0.1) is 6.58 Å². The molecule has 0 amide bonds. The van der Waals surface area contributed by atoms with Crippen LogP contribution in [0.1, 0.15) is 58.1 Å². The Bertz CT molecular complexity index is 2560. The molecule has 2 atom stereocenters. The van der Waals surface area contributed by atoms with Crippen molar-refractivity contribution in [3.63, 3.8) is 0 Å². The Morgan fingerprint density at radius 3 is 1.69 bits per heavy atom. The Labute approximate surface area is 290 Å². The average Bonchev–Trinajstić information content (AvgIpc) is 3.38. The number of hydrogen-bond donors (Lipinski definition) is 0. The summed E-state index contributed by atoms with van der Waals surface area (Å²) in [5, 5.41) is 12.9. The van der Waals surface area contributed by atoms with Crippen LogP contribution in [-0.2, 0) is 5.41 Å². The van der Waals surface area contributed by atoms with Gasteiger partial charge in [-0.05, 0) is 129 Å². The van der Waals surface area contributed by atoms with Crippen molar-refractivity contribution in [2.45, 2.75) is 52.4 Å². The maximum Gasteiger partial charge on any atom is -0.00266 e. The summed E-state index contributed by atoms with van der Waals surface area (Å²) >= 11 is 0. The van der Waals surface area contributed by atoms with Gasteiger partial charge in [0.15, 0.2) is 0 Å². The molecule has 0 fully saturated rings. The molecule has 240 valence electrons. The smallest absolute Gasteiger partial charge is 0.00266 e. The van der Waals surface area contributed by atoms with Crippen molar-refractivity contribution in [3.05, 3.63) is 157 Å². The fraction of sp³-hybridized carbons (Fsp3) is 0.184. The first-order valence-corrected chi connectivity index (χ1v) is 18.0. The molecule has 0 heterocycles. The highest BCUT2D eigenvalue weighted by Gasteiger charge is 2.43. The first kappa shape index (κ1) is 31.1. The lowest BCUT2D eigenvalue weighted by molar-refractivity contribution is 0.364. The molecule has 0 bridgehead atoms. The van der Waals surface area contributed by atoms with Crippen molar-refractivity contribution < 1.29 is 0 Å². The third-order valence-electron chi connectivity index (χ3n) is 11.3. The molecule has 8 aromatic rings. The van der Waals surface area contributed by atoms with E-state index in [4.69, 9.17) is 0 Å². The second-order valence-corrected chi connectivity index (χ2v) is 14.1. The third-order valence-corrected chi connectivity index (χ3v) is 11.3. The van der Waals surface area contributed by atoms with Crippen LogP contribution in [0.25, 0.3) is 76.1 Å². The maximum atomic E-state index is 4.21. The van der Waals surface area contributed by atoms with Crippen molar-refractivity contribution in [3.8, 4) is 22.3 Å². The summed E-state index contributed by atoms with van der Waals surface area (Å²) in [4.78, 5) is 0. The van der Waals surface area contributed by atoms with Gasteiger partial charge in [0.05, 0.1) is 0 Å². The number of fused-ring (bicyclic) bond motifs is 9. The van der Waals surface area contributed by atoms with Crippen LogP contribution in [0, 0.1) is 5.92 Å². The van der Waals surface area contributed by atoms with E-state index in [0.717, 1.165) is 6.42 Å². The van der Waals surface area contributed by atoms with Gasteiger partial charge in [-0.3, -0.25) is 0 Å². The molecular formula is C49H44. The molecule has 0 aromatic heterocycles. The maximum absolute atomic E-state index is 4.21. The van der Waals surface area contributed by atoms with Gasteiger partial charge in [-0.1, -0.05) is 156 Å². The van der Waals surface area contributed by atoms with Crippen molar-refractivity contribution in [1.82, 2.24) is 0 Å². The SMILES string of the molecule is C=CC1C(CC)c2ccc(-c3ccc4c(ccc5cc(-c6ccc7ccc8ccc9ccccc9c8c7c6)ccc54)c3)cc2C1(C)C.CC. The normalized spacial score (nSPS) is 16.6. The lowest BCUT2D eigenvalue weighted by atomic mass is 9.75. The zero-order chi connectivity index (χ0) is 33.9. The topological polar surface area (TPSA) is 0 Å². The molecule has 9 rings (SSSR count). The first-order valence-electron chi connectivity index (χ1n) is 18.0. The molecule has 2 unspecified atom stereocenters. The van der Waals surface area contributed by atoms with Gasteiger partial charge < -0.3 is 0 Å². The van der Waals surface area contributed by atoms with Crippen LogP contribution in [0.4, 0.5) is 0 Å². The molecule has 1 aliphatic carbocycles. The summed E-state index contributed by atoms with van der Waals surface area (Å²) in [6.45, 7) is 15.3. The number of rotatable bonds is 4. The van der Waals surface area contributed by atoms with Gasteiger partial charge in [-0.25, -0.2) is 0 Å². The van der Waals surface area contributed by atoms with Crippen molar-refractivity contribution in [2.75, 3.05) is 0 Å². The average molecular weight is 633 g/mol. The zero-order valence-electron chi connectivity index (χ0n) is 29.3. The Hall–Kier alpha value is -5.20. The van der Waals surface area contributed by atoms with Crippen LogP contribution in [0.15, 0.2) is 146 Å². The number of allylic oxidation sites excluding steroid dienone is 1. The molecule has 1 aliphatic rings. The lowest BCUT2D eigenvalue weighted by Crippen LogP contribution is -2.24. The van der Waals surface area contributed by atoms with Gasteiger partial charge >= 0.3 is 0 Å². The quantitative estimate of drug-likeness (QED) is 0.134. The Morgan fingerprint density at radius 1 is 0.531 bits per heavy atom. The fourth-order valence-electron chi connectivity index (χ4n) is 8.86.